The number of hydrogen-bond donors (Lipinski definition) is 3. The maximum Gasteiger partial charge on any atom is 0.192 e. The average Bonchev–Trinajstić information content (AvgIpc) is 3.19. The first-order valence-corrected chi connectivity index (χ1v) is 8.64. The first kappa shape index (κ1) is 15.6. The Morgan fingerprint density at radius 2 is 1.61 bits per heavy atom. The Kier molecular flexibility index (Phi) is 4.93. The molecule has 116 valence electrons. The van der Waals surface area contributed by atoms with Crippen LogP contribution in [0.25, 0.3) is 21.9 Å². The summed E-state index contributed by atoms with van der Waals surface area (Å²) in [4.78, 5) is 0. The fourth-order valence-corrected chi connectivity index (χ4v) is 2.56. The Labute approximate surface area is 144 Å². The molecule has 2 aromatic carbocycles. The highest BCUT2D eigenvalue weighted by Crippen LogP contribution is 2.32. The SMILES string of the molecule is N=C(NCCBr)Nc1cccc2ccccc12.c1cc2cc-2c1. The summed E-state index contributed by atoms with van der Waals surface area (Å²) in [5.41, 5.74) is 3.81. The highest BCUT2D eigenvalue weighted by atomic mass is 79.9. The van der Waals surface area contributed by atoms with Gasteiger partial charge in [0.25, 0.3) is 0 Å². The standard InChI is InChI=1S/C13H14BrN3.C6H4/c14-8-9-16-13(15)17-12-7-3-5-10-4-1-2-6-11(10)12;1-2-5-4-6(5)3-1/h1-7H,8-9H2,(H3,15,16,17);1-4H. The monoisotopic (exact) mass is 367 g/mol. The van der Waals surface area contributed by atoms with Crippen LogP contribution >= 0.6 is 15.9 Å². The van der Waals surface area contributed by atoms with Crippen molar-refractivity contribution in [3.8, 4) is 11.1 Å². The van der Waals surface area contributed by atoms with Gasteiger partial charge in [0.15, 0.2) is 5.96 Å². The van der Waals surface area contributed by atoms with Gasteiger partial charge < -0.3 is 10.6 Å². The van der Waals surface area contributed by atoms with Crippen LogP contribution in [0, 0.1) is 5.41 Å². The van der Waals surface area contributed by atoms with Crippen molar-refractivity contribution < 1.29 is 0 Å². The topological polar surface area (TPSA) is 47.9 Å². The minimum absolute atomic E-state index is 0.320. The Morgan fingerprint density at radius 1 is 0.913 bits per heavy atom. The molecule has 0 aliphatic heterocycles. The largest absolute Gasteiger partial charge is 0.355 e. The number of rotatable bonds is 3. The predicted molar refractivity (Wildman–Crippen MR) is 103 cm³/mol. The van der Waals surface area contributed by atoms with Gasteiger partial charge in [0, 0.05) is 22.9 Å². The lowest BCUT2D eigenvalue weighted by atomic mass is 10.1. The summed E-state index contributed by atoms with van der Waals surface area (Å²) in [5.74, 6) is 0.320. The Balaban J connectivity index is 0.000000213. The van der Waals surface area contributed by atoms with Crippen LogP contribution in [0.3, 0.4) is 0 Å². The number of fused-ring (bicyclic) bond motifs is 2. The van der Waals surface area contributed by atoms with Crippen molar-refractivity contribution in [1.29, 1.82) is 5.41 Å². The van der Waals surface area contributed by atoms with Gasteiger partial charge in [-0.05, 0) is 28.6 Å². The van der Waals surface area contributed by atoms with Crippen LogP contribution < -0.4 is 10.6 Å². The Bertz CT molecular complexity index is 807. The summed E-state index contributed by atoms with van der Waals surface area (Å²) in [6, 6.07) is 22.6. The first-order valence-electron chi connectivity index (χ1n) is 7.51. The molecule has 0 heterocycles. The Hall–Kier alpha value is -2.33. The van der Waals surface area contributed by atoms with Crippen molar-refractivity contribution in [2.75, 3.05) is 17.2 Å². The summed E-state index contributed by atoms with van der Waals surface area (Å²) < 4.78 is 0. The van der Waals surface area contributed by atoms with E-state index in [1.165, 1.54) is 16.5 Å². The number of halogens is 1. The molecule has 2 aliphatic carbocycles. The molecule has 2 aromatic rings. The van der Waals surface area contributed by atoms with Gasteiger partial charge in [0.1, 0.15) is 0 Å². The molecule has 3 nitrogen and oxygen atoms in total. The van der Waals surface area contributed by atoms with Gasteiger partial charge in [0.05, 0.1) is 0 Å². The molecule has 0 unspecified atom stereocenters. The number of alkyl halides is 1. The molecule has 2 aliphatic rings. The van der Waals surface area contributed by atoms with Crippen LogP contribution in [0.2, 0.25) is 0 Å². The molecule has 0 fully saturated rings. The minimum atomic E-state index is 0.320. The molecule has 0 saturated heterocycles. The van der Waals surface area contributed by atoms with E-state index in [0.717, 1.165) is 22.9 Å². The second kappa shape index (κ2) is 7.29. The molecule has 0 atom stereocenters. The number of guanidine groups is 1. The smallest absolute Gasteiger partial charge is 0.192 e. The zero-order chi connectivity index (χ0) is 16.1. The highest BCUT2D eigenvalue weighted by Gasteiger charge is 2.07. The summed E-state index contributed by atoms with van der Waals surface area (Å²) in [6.45, 7) is 0.733. The van der Waals surface area contributed by atoms with Crippen LogP contribution in [-0.4, -0.2) is 17.8 Å². The van der Waals surface area contributed by atoms with E-state index in [4.69, 9.17) is 5.41 Å². The molecular weight excluding hydrogens is 350 g/mol. The van der Waals surface area contributed by atoms with E-state index in [1.54, 1.807) is 0 Å². The third-order valence-corrected chi connectivity index (χ3v) is 3.95. The summed E-state index contributed by atoms with van der Waals surface area (Å²) in [6.07, 6.45) is 0. The molecule has 0 radical (unpaired) electrons. The summed E-state index contributed by atoms with van der Waals surface area (Å²) in [5, 5.41) is 16.9. The van der Waals surface area contributed by atoms with Crippen molar-refractivity contribution in [2.24, 2.45) is 0 Å². The number of benzene rings is 3. The van der Waals surface area contributed by atoms with E-state index in [0.29, 0.717) is 5.96 Å². The molecule has 0 saturated carbocycles. The van der Waals surface area contributed by atoms with Crippen LogP contribution in [0.1, 0.15) is 0 Å². The fraction of sp³-hybridized carbons (Fsp3) is 0.105. The zero-order valence-electron chi connectivity index (χ0n) is 12.6. The molecule has 0 amide bonds. The zero-order valence-corrected chi connectivity index (χ0v) is 14.2. The van der Waals surface area contributed by atoms with E-state index in [1.807, 2.05) is 24.3 Å². The molecule has 4 heteroatoms. The lowest BCUT2D eigenvalue weighted by molar-refractivity contribution is 0.969. The molecule has 3 N–H and O–H groups in total. The van der Waals surface area contributed by atoms with E-state index < -0.39 is 0 Å². The predicted octanol–water partition coefficient (Wildman–Crippen LogP) is 4.84. The number of anilines is 1. The van der Waals surface area contributed by atoms with Gasteiger partial charge in [-0.2, -0.15) is 0 Å². The number of nitrogens with one attached hydrogen (secondary N) is 3. The molecule has 0 spiro atoms. The van der Waals surface area contributed by atoms with Crippen molar-refractivity contribution in [1.82, 2.24) is 5.32 Å². The quantitative estimate of drug-likeness (QED) is 0.275. The molecule has 23 heavy (non-hydrogen) atoms. The maximum atomic E-state index is 7.76. The van der Waals surface area contributed by atoms with Crippen molar-refractivity contribution in [3.63, 3.8) is 0 Å². The van der Waals surface area contributed by atoms with Crippen LogP contribution in [0.4, 0.5) is 5.69 Å². The molecular formula is C19H18BrN3. The van der Waals surface area contributed by atoms with Gasteiger partial charge in [0.2, 0.25) is 0 Å². The van der Waals surface area contributed by atoms with E-state index in [9.17, 15) is 0 Å². The van der Waals surface area contributed by atoms with Crippen molar-refractivity contribution in [2.45, 2.75) is 0 Å². The van der Waals surface area contributed by atoms with E-state index in [-0.39, 0.29) is 0 Å². The van der Waals surface area contributed by atoms with Gasteiger partial charge in [-0.25, -0.2) is 0 Å². The van der Waals surface area contributed by atoms with Crippen molar-refractivity contribution in [3.05, 3.63) is 66.7 Å². The van der Waals surface area contributed by atoms with Gasteiger partial charge in [-0.3, -0.25) is 5.41 Å². The average molecular weight is 368 g/mol. The number of hydrogen-bond acceptors (Lipinski definition) is 1. The van der Waals surface area contributed by atoms with E-state index in [2.05, 4.69) is 69.0 Å². The maximum absolute atomic E-state index is 7.76. The van der Waals surface area contributed by atoms with Gasteiger partial charge in [-0.1, -0.05) is 70.5 Å². The highest BCUT2D eigenvalue weighted by molar-refractivity contribution is 9.09. The summed E-state index contributed by atoms with van der Waals surface area (Å²) >= 11 is 3.32. The van der Waals surface area contributed by atoms with Crippen LogP contribution in [0.5, 0.6) is 0 Å². The molecule has 0 bridgehead atoms. The van der Waals surface area contributed by atoms with E-state index >= 15 is 0 Å². The third-order valence-electron chi connectivity index (χ3n) is 3.56. The minimum Gasteiger partial charge on any atom is -0.355 e. The second-order valence-corrected chi connectivity index (χ2v) is 6.02. The van der Waals surface area contributed by atoms with Crippen LogP contribution in [0.15, 0.2) is 66.7 Å². The normalized spacial score (nSPS) is 10.5. The fourth-order valence-electron chi connectivity index (χ4n) is 2.36. The lowest BCUT2D eigenvalue weighted by Gasteiger charge is -2.11. The second-order valence-electron chi connectivity index (χ2n) is 5.22. The molecule has 0 aromatic heterocycles. The van der Waals surface area contributed by atoms with Crippen molar-refractivity contribution >= 4 is 38.3 Å². The third kappa shape index (κ3) is 4.11. The first-order chi connectivity index (χ1) is 11.3. The molecule has 4 rings (SSSR count). The van der Waals surface area contributed by atoms with Gasteiger partial charge >= 0.3 is 0 Å². The summed E-state index contributed by atoms with van der Waals surface area (Å²) in [7, 11) is 0. The Morgan fingerprint density at radius 3 is 2.26 bits per heavy atom. The van der Waals surface area contributed by atoms with Gasteiger partial charge in [-0.15, -0.1) is 0 Å². The lowest BCUT2D eigenvalue weighted by Crippen LogP contribution is -2.30. The van der Waals surface area contributed by atoms with Crippen LogP contribution in [-0.2, 0) is 0 Å².